The average molecular weight is 355 g/mol. The first-order chi connectivity index (χ1) is 12.0. The Hall–Kier alpha value is -1.73. The maximum atomic E-state index is 14.4. The molecule has 2 aliphatic heterocycles. The molecule has 0 spiro atoms. The van der Waals surface area contributed by atoms with Gasteiger partial charge in [-0.1, -0.05) is 19.4 Å². The first kappa shape index (κ1) is 18.1. The van der Waals surface area contributed by atoms with Gasteiger partial charge in [0.15, 0.2) is 0 Å². The van der Waals surface area contributed by atoms with E-state index in [4.69, 9.17) is 14.2 Å². The van der Waals surface area contributed by atoms with Crippen molar-refractivity contribution in [1.82, 2.24) is 5.32 Å². The van der Waals surface area contributed by atoms with Crippen LogP contribution in [0.25, 0.3) is 0 Å². The van der Waals surface area contributed by atoms with Gasteiger partial charge in [0, 0.05) is 24.2 Å². The highest BCUT2D eigenvalue weighted by Crippen LogP contribution is 2.41. The van der Waals surface area contributed by atoms with Gasteiger partial charge in [0.2, 0.25) is 0 Å². The normalized spacial score (nSPS) is 28.8. The van der Waals surface area contributed by atoms with Crippen LogP contribution in [0.15, 0.2) is 18.2 Å². The topological polar surface area (TPSA) is 56.8 Å². The zero-order valence-electron chi connectivity index (χ0n) is 14.2. The molecule has 2 heterocycles. The molecule has 1 N–H and O–H groups in total. The highest BCUT2D eigenvalue weighted by Gasteiger charge is 2.51. The molecule has 0 bridgehead atoms. The summed E-state index contributed by atoms with van der Waals surface area (Å²) < 4.78 is 44.3. The minimum atomic E-state index is -1.05. The summed E-state index contributed by atoms with van der Waals surface area (Å²) in [7, 11) is 0. The van der Waals surface area contributed by atoms with Gasteiger partial charge in [0.25, 0.3) is 0 Å². The number of unbranched alkanes of at least 4 members (excludes halogenated alkanes) is 1. The van der Waals surface area contributed by atoms with Crippen molar-refractivity contribution in [1.29, 1.82) is 0 Å². The Morgan fingerprint density at radius 3 is 3.00 bits per heavy atom. The molecule has 2 saturated heterocycles. The molecule has 0 aliphatic carbocycles. The lowest BCUT2D eigenvalue weighted by molar-refractivity contribution is -0.125. The van der Waals surface area contributed by atoms with Crippen molar-refractivity contribution in [3.05, 3.63) is 35.4 Å². The lowest BCUT2D eigenvalue weighted by Crippen LogP contribution is -2.63. The number of halogens is 2. The molecule has 0 radical (unpaired) electrons. The van der Waals surface area contributed by atoms with Crippen LogP contribution in [0.1, 0.15) is 31.7 Å². The lowest BCUT2D eigenvalue weighted by atomic mass is 9.73. The molecule has 0 aromatic heterocycles. The van der Waals surface area contributed by atoms with E-state index in [0.29, 0.717) is 19.6 Å². The third kappa shape index (κ3) is 3.77. The fraction of sp³-hybridized carbons (Fsp3) is 0.611. The molecular formula is C18H23F2NO4. The van der Waals surface area contributed by atoms with Gasteiger partial charge in [0.05, 0.1) is 25.9 Å². The van der Waals surface area contributed by atoms with E-state index in [1.54, 1.807) is 0 Å². The molecule has 138 valence electrons. The van der Waals surface area contributed by atoms with Gasteiger partial charge in [-0.3, -0.25) is 0 Å². The Bertz CT molecular complexity index is 627. The van der Waals surface area contributed by atoms with Crippen LogP contribution in [0.2, 0.25) is 0 Å². The summed E-state index contributed by atoms with van der Waals surface area (Å²) in [4.78, 5) is 11.8. The van der Waals surface area contributed by atoms with Crippen LogP contribution in [0.5, 0.6) is 0 Å². The molecule has 1 amide bonds. The van der Waals surface area contributed by atoms with Gasteiger partial charge in [-0.05, 0) is 18.9 Å². The van der Waals surface area contributed by atoms with E-state index in [1.807, 2.05) is 0 Å². The minimum Gasteiger partial charge on any atom is -0.449 e. The van der Waals surface area contributed by atoms with Gasteiger partial charge in [-0.2, -0.15) is 0 Å². The summed E-state index contributed by atoms with van der Waals surface area (Å²) in [6.45, 7) is 3.47. The Morgan fingerprint density at radius 1 is 1.40 bits per heavy atom. The predicted molar refractivity (Wildman–Crippen MR) is 86.1 cm³/mol. The highest BCUT2D eigenvalue weighted by atomic mass is 19.1. The van der Waals surface area contributed by atoms with Gasteiger partial charge in [-0.15, -0.1) is 0 Å². The average Bonchev–Trinajstić information content (AvgIpc) is 2.58. The molecule has 2 fully saturated rings. The number of nitrogens with one attached hydrogen (secondary N) is 1. The zero-order valence-corrected chi connectivity index (χ0v) is 14.2. The Balaban J connectivity index is 1.77. The van der Waals surface area contributed by atoms with E-state index in [1.165, 1.54) is 12.1 Å². The smallest absolute Gasteiger partial charge is 0.407 e. The number of fused-ring (bicyclic) bond motifs is 1. The van der Waals surface area contributed by atoms with Crippen LogP contribution < -0.4 is 5.32 Å². The largest absolute Gasteiger partial charge is 0.449 e. The number of cyclic esters (lactones) is 1. The number of alkyl carbamates (subject to hydrolysis) is 1. The summed E-state index contributed by atoms with van der Waals surface area (Å²) in [5.74, 6) is -1.54. The third-order valence-corrected chi connectivity index (χ3v) is 4.89. The second-order valence-corrected chi connectivity index (χ2v) is 6.61. The molecular weight excluding hydrogens is 332 g/mol. The summed E-state index contributed by atoms with van der Waals surface area (Å²) in [5, 5.41) is 2.72. The summed E-state index contributed by atoms with van der Waals surface area (Å²) in [6.07, 6.45) is 1.84. The van der Waals surface area contributed by atoms with Crippen LogP contribution in [0, 0.1) is 17.6 Å². The number of rotatable bonds is 6. The van der Waals surface area contributed by atoms with Gasteiger partial charge in [0.1, 0.15) is 17.2 Å². The highest BCUT2D eigenvalue weighted by molar-refractivity contribution is 5.70. The predicted octanol–water partition coefficient (Wildman–Crippen LogP) is 3.12. The third-order valence-electron chi connectivity index (χ3n) is 4.89. The molecule has 2 aliphatic rings. The van der Waals surface area contributed by atoms with Crippen LogP contribution in [0.3, 0.4) is 0 Å². The maximum absolute atomic E-state index is 14.4. The van der Waals surface area contributed by atoms with Gasteiger partial charge < -0.3 is 19.5 Å². The second-order valence-electron chi connectivity index (χ2n) is 6.61. The van der Waals surface area contributed by atoms with E-state index in [2.05, 4.69) is 12.2 Å². The molecule has 5 nitrogen and oxygen atoms in total. The summed E-state index contributed by atoms with van der Waals surface area (Å²) in [6, 6.07) is 3.37. The fourth-order valence-corrected chi connectivity index (χ4v) is 3.49. The van der Waals surface area contributed by atoms with Crippen molar-refractivity contribution >= 4 is 6.09 Å². The molecule has 25 heavy (non-hydrogen) atoms. The number of carbonyl (C=O) groups excluding carboxylic acids is 1. The van der Waals surface area contributed by atoms with Crippen molar-refractivity contribution < 1.29 is 27.8 Å². The standard InChI is InChI=1S/C18H23F2NO4/c1-2-3-6-23-10-14-7-12-9-24-17(22)21-18(12,11-25-14)15-5-4-13(19)8-16(15)20/h4-5,8,12,14H,2-3,6-7,9-11H2,1H3,(H,21,22)/t12-,14+,18-/m0/s1. The first-order valence-electron chi connectivity index (χ1n) is 8.65. The molecule has 0 saturated carbocycles. The summed E-state index contributed by atoms with van der Waals surface area (Å²) in [5.41, 5.74) is -0.826. The Morgan fingerprint density at radius 2 is 2.24 bits per heavy atom. The first-order valence-corrected chi connectivity index (χ1v) is 8.65. The van der Waals surface area contributed by atoms with Crippen LogP contribution in [-0.4, -0.2) is 38.6 Å². The lowest BCUT2D eigenvalue weighted by Gasteiger charge is -2.49. The zero-order chi connectivity index (χ0) is 17.9. The molecule has 0 unspecified atom stereocenters. The number of carbonyl (C=O) groups is 1. The van der Waals surface area contributed by atoms with E-state index >= 15 is 0 Å². The van der Waals surface area contributed by atoms with Gasteiger partial charge in [-0.25, -0.2) is 13.6 Å². The van der Waals surface area contributed by atoms with E-state index in [9.17, 15) is 13.6 Å². The molecule has 3 rings (SSSR count). The monoisotopic (exact) mass is 355 g/mol. The SMILES string of the molecule is CCCCOC[C@H]1C[C@H]2COC(=O)N[C@@]2(c2ccc(F)cc2F)CO1. The molecule has 3 atom stereocenters. The van der Waals surface area contributed by atoms with E-state index < -0.39 is 23.3 Å². The maximum Gasteiger partial charge on any atom is 0.407 e. The number of ether oxygens (including phenoxy) is 3. The number of benzene rings is 1. The number of hydrogen-bond acceptors (Lipinski definition) is 4. The van der Waals surface area contributed by atoms with Crippen molar-refractivity contribution in [3.8, 4) is 0 Å². The number of amides is 1. The number of hydrogen-bond donors (Lipinski definition) is 1. The van der Waals surface area contributed by atoms with Crippen molar-refractivity contribution in [2.24, 2.45) is 5.92 Å². The van der Waals surface area contributed by atoms with Crippen molar-refractivity contribution in [3.63, 3.8) is 0 Å². The quantitative estimate of drug-likeness (QED) is 0.797. The molecule has 1 aromatic carbocycles. The Kier molecular flexibility index (Phi) is 5.54. The van der Waals surface area contributed by atoms with Crippen LogP contribution in [-0.2, 0) is 19.7 Å². The Labute approximate surface area is 145 Å². The fourth-order valence-electron chi connectivity index (χ4n) is 3.49. The van der Waals surface area contributed by atoms with E-state index in [0.717, 1.165) is 18.9 Å². The summed E-state index contributed by atoms with van der Waals surface area (Å²) >= 11 is 0. The minimum absolute atomic E-state index is 0.0944. The molecule has 7 heteroatoms. The van der Waals surface area contributed by atoms with Crippen molar-refractivity contribution in [2.75, 3.05) is 26.4 Å². The van der Waals surface area contributed by atoms with Crippen LogP contribution in [0.4, 0.5) is 13.6 Å². The van der Waals surface area contributed by atoms with Gasteiger partial charge >= 0.3 is 6.09 Å². The van der Waals surface area contributed by atoms with Crippen LogP contribution >= 0.6 is 0 Å². The molecule has 1 aromatic rings. The second kappa shape index (κ2) is 7.66. The van der Waals surface area contributed by atoms with E-state index in [-0.39, 0.29) is 30.8 Å². The van der Waals surface area contributed by atoms with Crippen molar-refractivity contribution in [2.45, 2.75) is 37.8 Å².